The number of H-pyrrole nitrogens is 1. The van der Waals surface area contributed by atoms with Crippen molar-refractivity contribution in [1.29, 1.82) is 0 Å². The molecule has 2 aromatic heterocycles. The van der Waals surface area contributed by atoms with Crippen molar-refractivity contribution in [3.63, 3.8) is 0 Å². The minimum atomic E-state index is 0.116. The standard InChI is InChI=1S/C20H23N3OS/c1-14-16-8-11-25-19(16)7-10-23(14)13-20(24)21-9-6-15-12-22-18-5-3-2-4-17(15)18/h2-5,8,11-12,14,22H,6-7,9-10,13H2,1H3,(H,21,24). The van der Waals surface area contributed by atoms with E-state index in [-0.39, 0.29) is 5.91 Å². The van der Waals surface area contributed by atoms with E-state index in [0.717, 1.165) is 24.9 Å². The molecule has 0 bridgehead atoms. The minimum absolute atomic E-state index is 0.116. The molecule has 1 unspecified atom stereocenters. The van der Waals surface area contributed by atoms with E-state index >= 15 is 0 Å². The van der Waals surface area contributed by atoms with Gasteiger partial charge in [-0.25, -0.2) is 0 Å². The molecule has 4 rings (SSSR count). The number of benzene rings is 1. The molecule has 1 atom stereocenters. The Morgan fingerprint density at radius 1 is 1.36 bits per heavy atom. The fourth-order valence-corrected chi connectivity index (χ4v) is 4.66. The van der Waals surface area contributed by atoms with Gasteiger partial charge in [0.05, 0.1) is 6.54 Å². The SMILES string of the molecule is CC1c2ccsc2CCN1CC(=O)NCCc1c[nH]c2ccccc12. The number of hydrogen-bond acceptors (Lipinski definition) is 3. The van der Waals surface area contributed by atoms with Crippen molar-refractivity contribution in [2.24, 2.45) is 0 Å². The molecule has 3 heterocycles. The number of rotatable bonds is 5. The molecule has 3 aromatic rings. The van der Waals surface area contributed by atoms with Crippen molar-refractivity contribution in [2.45, 2.75) is 25.8 Å². The smallest absolute Gasteiger partial charge is 0.234 e. The first-order valence-electron chi connectivity index (χ1n) is 8.84. The van der Waals surface area contributed by atoms with Crippen LogP contribution in [0.1, 0.15) is 29.0 Å². The summed E-state index contributed by atoms with van der Waals surface area (Å²) in [5.41, 5.74) is 3.80. The average Bonchev–Trinajstić information content (AvgIpc) is 3.25. The predicted molar refractivity (Wildman–Crippen MR) is 103 cm³/mol. The zero-order valence-electron chi connectivity index (χ0n) is 14.4. The summed E-state index contributed by atoms with van der Waals surface area (Å²) >= 11 is 1.83. The zero-order valence-corrected chi connectivity index (χ0v) is 15.2. The predicted octanol–water partition coefficient (Wildman–Crippen LogP) is 3.51. The Bertz CT molecular complexity index is 882. The molecule has 25 heavy (non-hydrogen) atoms. The third-order valence-corrected chi connectivity index (χ3v) is 6.14. The van der Waals surface area contributed by atoms with E-state index in [0.29, 0.717) is 19.1 Å². The lowest BCUT2D eigenvalue weighted by Gasteiger charge is -2.32. The summed E-state index contributed by atoms with van der Waals surface area (Å²) < 4.78 is 0. The molecule has 0 saturated heterocycles. The third kappa shape index (κ3) is 3.34. The highest BCUT2D eigenvalue weighted by molar-refractivity contribution is 7.10. The number of amides is 1. The Hall–Kier alpha value is -2.11. The lowest BCUT2D eigenvalue weighted by Crippen LogP contribution is -2.41. The summed E-state index contributed by atoms with van der Waals surface area (Å²) in [5.74, 6) is 0.116. The van der Waals surface area contributed by atoms with Crippen LogP contribution in [0.3, 0.4) is 0 Å². The van der Waals surface area contributed by atoms with Gasteiger partial charge in [-0.3, -0.25) is 9.69 Å². The molecule has 1 aliphatic heterocycles. The molecule has 5 heteroatoms. The van der Waals surface area contributed by atoms with Gasteiger partial charge in [0.25, 0.3) is 0 Å². The number of carbonyl (C=O) groups is 1. The number of para-hydroxylation sites is 1. The third-order valence-electron chi connectivity index (χ3n) is 5.14. The summed E-state index contributed by atoms with van der Waals surface area (Å²) in [6.45, 7) is 4.31. The van der Waals surface area contributed by atoms with Crippen molar-refractivity contribution in [3.05, 3.63) is 57.9 Å². The Kier molecular flexibility index (Phi) is 4.59. The number of thiophene rings is 1. The molecule has 1 amide bonds. The first-order chi connectivity index (χ1) is 12.2. The monoisotopic (exact) mass is 353 g/mol. The van der Waals surface area contributed by atoms with Crippen LogP contribution in [0.4, 0.5) is 0 Å². The molecule has 0 radical (unpaired) electrons. The largest absolute Gasteiger partial charge is 0.361 e. The minimum Gasteiger partial charge on any atom is -0.361 e. The fourth-order valence-electron chi connectivity index (χ4n) is 3.69. The van der Waals surface area contributed by atoms with Crippen LogP contribution in [0.15, 0.2) is 41.9 Å². The molecule has 0 aliphatic carbocycles. The van der Waals surface area contributed by atoms with Crippen LogP contribution in [-0.4, -0.2) is 35.4 Å². The maximum atomic E-state index is 12.3. The molecule has 1 aliphatic rings. The maximum absolute atomic E-state index is 12.3. The molecule has 4 nitrogen and oxygen atoms in total. The second kappa shape index (κ2) is 7.02. The molecule has 2 N–H and O–H groups in total. The van der Waals surface area contributed by atoms with Crippen LogP contribution in [0.25, 0.3) is 10.9 Å². The lowest BCUT2D eigenvalue weighted by molar-refractivity contribution is -0.122. The van der Waals surface area contributed by atoms with Gasteiger partial charge in [-0.15, -0.1) is 11.3 Å². The number of nitrogens with one attached hydrogen (secondary N) is 2. The summed E-state index contributed by atoms with van der Waals surface area (Å²) in [7, 11) is 0. The average molecular weight is 353 g/mol. The highest BCUT2D eigenvalue weighted by Crippen LogP contribution is 2.32. The van der Waals surface area contributed by atoms with Crippen LogP contribution in [0.2, 0.25) is 0 Å². The highest BCUT2D eigenvalue weighted by Gasteiger charge is 2.25. The number of carbonyl (C=O) groups excluding carboxylic acids is 1. The van der Waals surface area contributed by atoms with Gasteiger partial charge in [-0.05, 0) is 48.4 Å². The van der Waals surface area contributed by atoms with E-state index in [1.165, 1.54) is 21.4 Å². The molecule has 0 saturated carbocycles. The summed E-state index contributed by atoms with van der Waals surface area (Å²) in [4.78, 5) is 19.4. The number of fused-ring (bicyclic) bond motifs is 2. The van der Waals surface area contributed by atoms with Crippen LogP contribution in [0.5, 0.6) is 0 Å². The van der Waals surface area contributed by atoms with Crippen molar-refractivity contribution in [3.8, 4) is 0 Å². The Balaban J connectivity index is 1.30. The van der Waals surface area contributed by atoms with Gasteiger partial charge in [0, 0.05) is 41.1 Å². The molecule has 0 spiro atoms. The van der Waals surface area contributed by atoms with Gasteiger partial charge in [-0.1, -0.05) is 18.2 Å². The van der Waals surface area contributed by atoms with Crippen LogP contribution < -0.4 is 5.32 Å². The van der Waals surface area contributed by atoms with Crippen molar-refractivity contribution < 1.29 is 4.79 Å². The van der Waals surface area contributed by atoms with Crippen LogP contribution in [-0.2, 0) is 17.6 Å². The van der Waals surface area contributed by atoms with E-state index in [1.54, 1.807) is 0 Å². The van der Waals surface area contributed by atoms with Gasteiger partial charge in [0.15, 0.2) is 0 Å². The molecular formula is C20H23N3OS. The Morgan fingerprint density at radius 2 is 2.24 bits per heavy atom. The van der Waals surface area contributed by atoms with Gasteiger partial charge >= 0.3 is 0 Å². The second-order valence-electron chi connectivity index (χ2n) is 6.66. The van der Waals surface area contributed by atoms with Gasteiger partial charge in [0.1, 0.15) is 0 Å². The Morgan fingerprint density at radius 3 is 3.16 bits per heavy atom. The van der Waals surface area contributed by atoms with E-state index in [9.17, 15) is 4.79 Å². The van der Waals surface area contributed by atoms with Gasteiger partial charge in [0.2, 0.25) is 5.91 Å². The number of hydrogen-bond donors (Lipinski definition) is 2. The topological polar surface area (TPSA) is 48.1 Å². The van der Waals surface area contributed by atoms with E-state index in [1.807, 2.05) is 23.6 Å². The lowest BCUT2D eigenvalue weighted by atomic mass is 10.0. The normalized spacial score (nSPS) is 17.6. The van der Waals surface area contributed by atoms with Crippen LogP contribution >= 0.6 is 11.3 Å². The number of nitrogens with zero attached hydrogens (tertiary/aromatic N) is 1. The maximum Gasteiger partial charge on any atom is 0.234 e. The first kappa shape index (κ1) is 16.4. The van der Waals surface area contributed by atoms with Crippen molar-refractivity contribution in [2.75, 3.05) is 19.6 Å². The van der Waals surface area contributed by atoms with Crippen LogP contribution in [0, 0.1) is 0 Å². The summed E-state index contributed by atoms with van der Waals surface area (Å²) in [6, 6.07) is 10.8. The molecule has 0 fully saturated rings. The first-order valence-corrected chi connectivity index (χ1v) is 9.72. The zero-order chi connectivity index (χ0) is 17.2. The summed E-state index contributed by atoms with van der Waals surface area (Å²) in [6.07, 6.45) is 3.95. The summed E-state index contributed by atoms with van der Waals surface area (Å²) in [5, 5.41) is 6.48. The van der Waals surface area contributed by atoms with E-state index in [4.69, 9.17) is 0 Å². The van der Waals surface area contributed by atoms with Crippen molar-refractivity contribution in [1.82, 2.24) is 15.2 Å². The fraction of sp³-hybridized carbons (Fsp3) is 0.350. The highest BCUT2D eigenvalue weighted by atomic mass is 32.1. The molecule has 130 valence electrons. The molecular weight excluding hydrogens is 330 g/mol. The Labute approximate surface area is 151 Å². The van der Waals surface area contributed by atoms with Crippen molar-refractivity contribution >= 4 is 28.1 Å². The van der Waals surface area contributed by atoms with E-state index in [2.05, 4.69) is 51.8 Å². The molecule has 1 aromatic carbocycles. The second-order valence-corrected chi connectivity index (χ2v) is 7.66. The van der Waals surface area contributed by atoms with Gasteiger partial charge in [-0.2, -0.15) is 0 Å². The quantitative estimate of drug-likeness (QED) is 0.737. The number of aromatic amines is 1. The van der Waals surface area contributed by atoms with Gasteiger partial charge < -0.3 is 10.3 Å². The number of aromatic nitrogens is 1. The van der Waals surface area contributed by atoms with E-state index < -0.39 is 0 Å².